The van der Waals surface area contributed by atoms with E-state index in [9.17, 15) is 0 Å². The second-order valence-electron chi connectivity index (χ2n) is 4.94. The molecule has 88 valence electrons. The molecule has 1 atom stereocenters. The van der Waals surface area contributed by atoms with Crippen molar-refractivity contribution in [1.82, 2.24) is 0 Å². The molecule has 2 aliphatic rings. The maximum absolute atomic E-state index is 5.76. The van der Waals surface area contributed by atoms with Gasteiger partial charge in [0.2, 0.25) is 0 Å². The summed E-state index contributed by atoms with van der Waals surface area (Å²) in [4.78, 5) is 0. The summed E-state index contributed by atoms with van der Waals surface area (Å²) in [5, 5.41) is 0. The standard InChI is InChI=1S/C12H23NO2/c13-6-5-12(4-1-7-15-10-12)11-2-8-14-9-3-11/h11H,1-10,13H2. The summed E-state index contributed by atoms with van der Waals surface area (Å²) >= 11 is 0. The zero-order valence-corrected chi connectivity index (χ0v) is 9.54. The lowest BCUT2D eigenvalue weighted by Crippen LogP contribution is -2.42. The van der Waals surface area contributed by atoms with Crippen molar-refractivity contribution in [2.75, 3.05) is 33.0 Å². The van der Waals surface area contributed by atoms with Gasteiger partial charge in [0.05, 0.1) is 6.61 Å². The molecular formula is C12H23NO2. The lowest BCUT2D eigenvalue weighted by atomic mass is 9.66. The van der Waals surface area contributed by atoms with Gasteiger partial charge in [0.25, 0.3) is 0 Å². The lowest BCUT2D eigenvalue weighted by Gasteiger charge is -2.45. The quantitative estimate of drug-likeness (QED) is 0.773. The molecule has 3 heteroatoms. The summed E-state index contributed by atoms with van der Waals surface area (Å²) in [6.07, 6.45) is 6.02. The zero-order chi connectivity index (χ0) is 10.6. The highest BCUT2D eigenvalue weighted by Gasteiger charge is 2.40. The van der Waals surface area contributed by atoms with Gasteiger partial charge in [0, 0.05) is 19.8 Å². The summed E-state index contributed by atoms with van der Waals surface area (Å²) < 4.78 is 11.1. The van der Waals surface area contributed by atoms with Gasteiger partial charge in [-0.25, -0.2) is 0 Å². The molecule has 2 N–H and O–H groups in total. The van der Waals surface area contributed by atoms with E-state index in [0.29, 0.717) is 5.41 Å². The molecule has 0 saturated carbocycles. The summed E-state index contributed by atoms with van der Waals surface area (Å²) in [5.41, 5.74) is 6.14. The predicted molar refractivity (Wildman–Crippen MR) is 59.7 cm³/mol. The van der Waals surface area contributed by atoms with Crippen LogP contribution in [0.2, 0.25) is 0 Å². The van der Waals surface area contributed by atoms with Crippen molar-refractivity contribution in [3.63, 3.8) is 0 Å². The highest BCUT2D eigenvalue weighted by Crippen LogP contribution is 2.43. The van der Waals surface area contributed by atoms with Gasteiger partial charge in [-0.2, -0.15) is 0 Å². The number of nitrogens with two attached hydrogens (primary N) is 1. The number of hydrogen-bond donors (Lipinski definition) is 1. The molecule has 1 unspecified atom stereocenters. The Hall–Kier alpha value is -0.120. The van der Waals surface area contributed by atoms with Gasteiger partial charge < -0.3 is 15.2 Å². The largest absolute Gasteiger partial charge is 0.381 e. The Bertz CT molecular complexity index is 179. The first-order valence-electron chi connectivity index (χ1n) is 6.23. The van der Waals surface area contributed by atoms with Crippen molar-refractivity contribution in [2.45, 2.75) is 32.1 Å². The molecule has 2 fully saturated rings. The van der Waals surface area contributed by atoms with Crippen LogP contribution in [0, 0.1) is 11.3 Å². The molecule has 3 nitrogen and oxygen atoms in total. The lowest BCUT2D eigenvalue weighted by molar-refractivity contribution is -0.0768. The molecule has 0 radical (unpaired) electrons. The third kappa shape index (κ3) is 2.52. The Morgan fingerprint density at radius 3 is 2.53 bits per heavy atom. The van der Waals surface area contributed by atoms with E-state index >= 15 is 0 Å². The van der Waals surface area contributed by atoms with Gasteiger partial charge in [-0.3, -0.25) is 0 Å². The minimum atomic E-state index is 0.372. The highest BCUT2D eigenvalue weighted by atomic mass is 16.5. The number of hydrogen-bond acceptors (Lipinski definition) is 3. The maximum atomic E-state index is 5.76. The fourth-order valence-electron chi connectivity index (χ4n) is 3.19. The molecule has 0 aromatic carbocycles. The van der Waals surface area contributed by atoms with E-state index in [2.05, 4.69) is 0 Å². The van der Waals surface area contributed by atoms with Gasteiger partial charge in [0.15, 0.2) is 0 Å². The Balaban J connectivity index is 2.01. The van der Waals surface area contributed by atoms with E-state index in [1.807, 2.05) is 0 Å². The van der Waals surface area contributed by atoms with Gasteiger partial charge in [-0.15, -0.1) is 0 Å². The van der Waals surface area contributed by atoms with Crippen LogP contribution in [0.5, 0.6) is 0 Å². The Morgan fingerprint density at radius 2 is 1.93 bits per heavy atom. The molecule has 0 bridgehead atoms. The van der Waals surface area contributed by atoms with Crippen LogP contribution in [-0.2, 0) is 9.47 Å². The van der Waals surface area contributed by atoms with Crippen molar-refractivity contribution in [3.05, 3.63) is 0 Å². The molecular weight excluding hydrogens is 190 g/mol. The first-order chi connectivity index (χ1) is 7.37. The van der Waals surface area contributed by atoms with Gasteiger partial charge in [0.1, 0.15) is 0 Å². The highest BCUT2D eigenvalue weighted by molar-refractivity contribution is 4.89. The second kappa shape index (κ2) is 5.28. The van der Waals surface area contributed by atoms with Crippen molar-refractivity contribution in [2.24, 2.45) is 17.1 Å². The molecule has 0 aromatic heterocycles. The van der Waals surface area contributed by atoms with E-state index in [-0.39, 0.29) is 0 Å². The Morgan fingerprint density at radius 1 is 1.13 bits per heavy atom. The van der Waals surface area contributed by atoms with Crippen molar-refractivity contribution in [1.29, 1.82) is 0 Å². The average molecular weight is 213 g/mol. The van der Waals surface area contributed by atoms with Crippen molar-refractivity contribution < 1.29 is 9.47 Å². The monoisotopic (exact) mass is 213 g/mol. The fourth-order valence-corrected chi connectivity index (χ4v) is 3.19. The van der Waals surface area contributed by atoms with Crippen LogP contribution in [-0.4, -0.2) is 33.0 Å². The minimum Gasteiger partial charge on any atom is -0.381 e. The number of rotatable bonds is 3. The SMILES string of the molecule is NCCC1(C2CCOCC2)CCCOC1. The van der Waals surface area contributed by atoms with E-state index < -0.39 is 0 Å². The second-order valence-corrected chi connectivity index (χ2v) is 4.94. The first kappa shape index (κ1) is 11.4. The van der Waals surface area contributed by atoms with Crippen LogP contribution in [0.1, 0.15) is 32.1 Å². The summed E-state index contributed by atoms with van der Waals surface area (Å²) in [7, 11) is 0. The van der Waals surface area contributed by atoms with Crippen LogP contribution in [0.15, 0.2) is 0 Å². The van der Waals surface area contributed by atoms with Crippen LogP contribution in [0.4, 0.5) is 0 Å². The van der Waals surface area contributed by atoms with Gasteiger partial charge in [-0.1, -0.05) is 0 Å². The Labute approximate surface area is 92.3 Å². The van der Waals surface area contributed by atoms with E-state index in [1.165, 1.54) is 25.7 Å². The smallest absolute Gasteiger partial charge is 0.0525 e. The minimum absolute atomic E-state index is 0.372. The molecule has 2 heterocycles. The van der Waals surface area contributed by atoms with Crippen molar-refractivity contribution in [3.8, 4) is 0 Å². The molecule has 2 aliphatic heterocycles. The van der Waals surface area contributed by atoms with E-state index in [4.69, 9.17) is 15.2 Å². The van der Waals surface area contributed by atoms with Crippen LogP contribution >= 0.6 is 0 Å². The third-order valence-corrected chi connectivity index (χ3v) is 4.08. The number of ether oxygens (including phenoxy) is 2. The predicted octanol–water partition coefficient (Wildman–Crippen LogP) is 1.56. The molecule has 15 heavy (non-hydrogen) atoms. The molecule has 0 aliphatic carbocycles. The van der Waals surface area contributed by atoms with Gasteiger partial charge >= 0.3 is 0 Å². The van der Waals surface area contributed by atoms with Crippen LogP contribution < -0.4 is 5.73 Å². The van der Waals surface area contributed by atoms with Crippen LogP contribution in [0.25, 0.3) is 0 Å². The third-order valence-electron chi connectivity index (χ3n) is 4.08. The average Bonchev–Trinajstić information content (AvgIpc) is 2.32. The van der Waals surface area contributed by atoms with E-state index in [0.717, 1.165) is 45.3 Å². The summed E-state index contributed by atoms with van der Waals surface area (Å²) in [5.74, 6) is 0.773. The van der Waals surface area contributed by atoms with Crippen LogP contribution in [0.3, 0.4) is 0 Å². The molecule has 2 rings (SSSR count). The fraction of sp³-hybridized carbons (Fsp3) is 1.00. The first-order valence-corrected chi connectivity index (χ1v) is 6.23. The van der Waals surface area contributed by atoms with E-state index in [1.54, 1.807) is 0 Å². The molecule has 2 saturated heterocycles. The molecule has 0 aromatic rings. The topological polar surface area (TPSA) is 44.5 Å². The summed E-state index contributed by atoms with van der Waals surface area (Å²) in [6.45, 7) is 4.51. The normalized spacial score (nSPS) is 34.2. The zero-order valence-electron chi connectivity index (χ0n) is 9.54. The maximum Gasteiger partial charge on any atom is 0.0525 e. The molecule has 0 amide bonds. The van der Waals surface area contributed by atoms with Crippen molar-refractivity contribution >= 4 is 0 Å². The molecule has 0 spiro atoms. The Kier molecular flexibility index (Phi) is 4.00. The van der Waals surface area contributed by atoms with Gasteiger partial charge in [-0.05, 0) is 50.0 Å². The summed E-state index contributed by atoms with van der Waals surface area (Å²) in [6, 6.07) is 0.